The van der Waals surface area contributed by atoms with Gasteiger partial charge in [-0.25, -0.2) is 0 Å². The van der Waals surface area contributed by atoms with Gasteiger partial charge in [0.15, 0.2) is 5.96 Å². The maximum atomic E-state index is 5.69. The molecule has 1 aromatic carbocycles. The van der Waals surface area contributed by atoms with Gasteiger partial charge in [-0.2, -0.15) is 0 Å². The molecule has 3 heterocycles. The molecule has 0 amide bonds. The van der Waals surface area contributed by atoms with Crippen molar-refractivity contribution >= 4 is 35.6 Å². The fourth-order valence-electron chi connectivity index (χ4n) is 4.91. The maximum Gasteiger partial charge on any atom is 0.193 e. The molecule has 0 saturated carbocycles. The van der Waals surface area contributed by atoms with Crippen LogP contribution in [0.1, 0.15) is 26.7 Å². The summed E-state index contributed by atoms with van der Waals surface area (Å²) in [7, 11) is 0. The number of anilines is 1. The van der Waals surface area contributed by atoms with Crippen molar-refractivity contribution in [3.05, 3.63) is 30.3 Å². The number of likely N-dealkylation sites (tertiary alicyclic amines) is 1. The lowest BCUT2D eigenvalue weighted by Crippen LogP contribution is -2.50. The molecule has 2 atom stereocenters. The first-order chi connectivity index (χ1) is 14.2. The molecule has 30 heavy (non-hydrogen) atoms. The molecule has 3 aliphatic heterocycles. The van der Waals surface area contributed by atoms with Crippen LogP contribution in [0, 0.1) is 5.41 Å². The van der Waals surface area contributed by atoms with Gasteiger partial charge in [-0.3, -0.25) is 9.89 Å². The molecule has 1 spiro atoms. The molecule has 6 nitrogen and oxygen atoms in total. The number of hydrogen-bond acceptors (Lipinski definition) is 4. The standard InChI is InChI=1S/C23H37N5O.HI/c1-3-24-22(28-11-9-23(18-28)10-16-29-19-23)25-17-20(2)26-12-14-27(15-13-26)21-7-5-4-6-8-21;/h4-8,20H,3,9-19H2,1-2H3,(H,24,25);1H. The minimum Gasteiger partial charge on any atom is -0.381 e. The lowest BCUT2D eigenvalue weighted by Gasteiger charge is -2.38. The van der Waals surface area contributed by atoms with Gasteiger partial charge in [-0.1, -0.05) is 18.2 Å². The zero-order chi connectivity index (χ0) is 20.1. The van der Waals surface area contributed by atoms with E-state index in [0.29, 0.717) is 11.5 Å². The van der Waals surface area contributed by atoms with Crippen molar-refractivity contribution in [3.8, 4) is 0 Å². The van der Waals surface area contributed by atoms with Crippen molar-refractivity contribution in [1.29, 1.82) is 0 Å². The highest BCUT2D eigenvalue weighted by atomic mass is 127. The highest BCUT2D eigenvalue weighted by Gasteiger charge is 2.42. The first-order valence-corrected chi connectivity index (χ1v) is 11.3. The topological polar surface area (TPSA) is 43.3 Å². The molecule has 7 heteroatoms. The molecule has 3 fully saturated rings. The monoisotopic (exact) mass is 527 g/mol. The Morgan fingerprint density at radius 1 is 1.13 bits per heavy atom. The van der Waals surface area contributed by atoms with Crippen LogP contribution >= 0.6 is 24.0 Å². The Morgan fingerprint density at radius 3 is 2.57 bits per heavy atom. The first-order valence-electron chi connectivity index (χ1n) is 11.3. The van der Waals surface area contributed by atoms with E-state index in [0.717, 1.165) is 71.5 Å². The second kappa shape index (κ2) is 11.0. The van der Waals surface area contributed by atoms with E-state index in [1.165, 1.54) is 18.5 Å². The number of rotatable bonds is 5. The molecule has 0 bridgehead atoms. The Hall–Kier alpha value is -1.06. The zero-order valence-electron chi connectivity index (χ0n) is 18.6. The zero-order valence-corrected chi connectivity index (χ0v) is 20.9. The summed E-state index contributed by atoms with van der Waals surface area (Å²) in [5, 5.41) is 3.53. The van der Waals surface area contributed by atoms with E-state index in [-0.39, 0.29) is 24.0 Å². The van der Waals surface area contributed by atoms with Gasteiger partial charge in [0, 0.05) is 69.6 Å². The van der Waals surface area contributed by atoms with Crippen LogP contribution < -0.4 is 10.2 Å². The highest BCUT2D eigenvalue weighted by molar-refractivity contribution is 14.0. The van der Waals surface area contributed by atoms with Crippen molar-refractivity contribution in [2.24, 2.45) is 10.4 Å². The molecule has 0 aromatic heterocycles. The van der Waals surface area contributed by atoms with Crippen LogP contribution in [0.5, 0.6) is 0 Å². The van der Waals surface area contributed by atoms with Gasteiger partial charge in [0.2, 0.25) is 0 Å². The van der Waals surface area contributed by atoms with Gasteiger partial charge >= 0.3 is 0 Å². The Morgan fingerprint density at radius 2 is 1.90 bits per heavy atom. The number of hydrogen-bond donors (Lipinski definition) is 1. The van der Waals surface area contributed by atoms with Crippen molar-refractivity contribution in [2.45, 2.75) is 32.7 Å². The third-order valence-corrected chi connectivity index (χ3v) is 6.82. The van der Waals surface area contributed by atoms with E-state index in [1.54, 1.807) is 0 Å². The predicted octanol–water partition coefficient (Wildman–Crippen LogP) is 2.89. The number of aliphatic imine (C=N–C) groups is 1. The molecular weight excluding hydrogens is 489 g/mol. The third-order valence-electron chi connectivity index (χ3n) is 6.82. The van der Waals surface area contributed by atoms with Crippen LogP contribution in [0.25, 0.3) is 0 Å². The second-order valence-electron chi connectivity index (χ2n) is 8.88. The Kier molecular flexibility index (Phi) is 8.65. The minimum absolute atomic E-state index is 0. The maximum absolute atomic E-state index is 5.69. The Labute approximate surface area is 199 Å². The smallest absolute Gasteiger partial charge is 0.193 e. The molecule has 0 aliphatic carbocycles. The van der Waals surface area contributed by atoms with E-state index in [1.807, 2.05) is 0 Å². The SMILES string of the molecule is CCNC(=NCC(C)N1CCN(c2ccccc2)CC1)N1CCC2(CCOC2)C1.I. The largest absolute Gasteiger partial charge is 0.381 e. The fourth-order valence-corrected chi connectivity index (χ4v) is 4.91. The summed E-state index contributed by atoms with van der Waals surface area (Å²) < 4.78 is 5.69. The number of benzene rings is 1. The van der Waals surface area contributed by atoms with Crippen LogP contribution in [-0.4, -0.2) is 87.4 Å². The van der Waals surface area contributed by atoms with Gasteiger partial charge < -0.3 is 19.9 Å². The van der Waals surface area contributed by atoms with Crippen molar-refractivity contribution in [1.82, 2.24) is 15.1 Å². The number of guanidine groups is 1. The van der Waals surface area contributed by atoms with E-state index in [2.05, 4.69) is 64.2 Å². The third kappa shape index (κ3) is 5.59. The second-order valence-corrected chi connectivity index (χ2v) is 8.88. The highest BCUT2D eigenvalue weighted by Crippen LogP contribution is 2.38. The lowest BCUT2D eigenvalue weighted by atomic mass is 9.87. The molecule has 0 radical (unpaired) electrons. The summed E-state index contributed by atoms with van der Waals surface area (Å²) in [6.45, 7) is 14.7. The van der Waals surface area contributed by atoms with Crippen LogP contribution in [0.3, 0.4) is 0 Å². The van der Waals surface area contributed by atoms with Gasteiger partial charge in [0.25, 0.3) is 0 Å². The van der Waals surface area contributed by atoms with Gasteiger partial charge in [0.1, 0.15) is 0 Å². The van der Waals surface area contributed by atoms with Gasteiger partial charge in [-0.05, 0) is 38.8 Å². The Bertz CT molecular complexity index is 671. The number of para-hydroxylation sites is 1. The summed E-state index contributed by atoms with van der Waals surface area (Å²) in [6.07, 6.45) is 2.43. The molecule has 4 rings (SSSR count). The molecule has 2 unspecified atom stereocenters. The van der Waals surface area contributed by atoms with E-state index in [9.17, 15) is 0 Å². The van der Waals surface area contributed by atoms with Crippen molar-refractivity contribution in [2.75, 3.05) is 70.5 Å². The fraction of sp³-hybridized carbons (Fsp3) is 0.696. The van der Waals surface area contributed by atoms with E-state index < -0.39 is 0 Å². The van der Waals surface area contributed by atoms with Crippen molar-refractivity contribution < 1.29 is 4.74 Å². The summed E-state index contributed by atoms with van der Waals surface area (Å²) in [5.41, 5.74) is 1.71. The number of nitrogens with one attached hydrogen (secondary N) is 1. The molecule has 168 valence electrons. The van der Waals surface area contributed by atoms with Gasteiger partial charge in [-0.15, -0.1) is 24.0 Å². The quantitative estimate of drug-likeness (QED) is 0.363. The average molecular weight is 527 g/mol. The number of nitrogens with zero attached hydrogens (tertiary/aromatic N) is 4. The number of ether oxygens (including phenoxy) is 1. The number of piperazine rings is 1. The Balaban J connectivity index is 0.00000256. The molecular formula is C23H38IN5O. The van der Waals surface area contributed by atoms with E-state index in [4.69, 9.17) is 9.73 Å². The molecule has 1 N–H and O–H groups in total. The molecule has 3 saturated heterocycles. The summed E-state index contributed by atoms with van der Waals surface area (Å²) in [5.74, 6) is 1.09. The van der Waals surface area contributed by atoms with Crippen LogP contribution in [-0.2, 0) is 4.74 Å². The first kappa shape index (κ1) is 23.6. The van der Waals surface area contributed by atoms with Crippen LogP contribution in [0.2, 0.25) is 0 Å². The summed E-state index contributed by atoms with van der Waals surface area (Å²) >= 11 is 0. The van der Waals surface area contributed by atoms with Crippen LogP contribution in [0.15, 0.2) is 35.3 Å². The lowest BCUT2D eigenvalue weighted by molar-refractivity contribution is 0.156. The normalized spacial score (nSPS) is 26.1. The minimum atomic E-state index is 0. The van der Waals surface area contributed by atoms with Gasteiger partial charge in [0.05, 0.1) is 13.2 Å². The summed E-state index contributed by atoms with van der Waals surface area (Å²) in [6, 6.07) is 11.2. The van der Waals surface area contributed by atoms with E-state index >= 15 is 0 Å². The number of halogens is 1. The molecule has 1 aromatic rings. The summed E-state index contributed by atoms with van der Waals surface area (Å²) in [4.78, 5) is 12.6. The average Bonchev–Trinajstić information content (AvgIpc) is 3.41. The van der Waals surface area contributed by atoms with Crippen molar-refractivity contribution in [3.63, 3.8) is 0 Å². The predicted molar refractivity (Wildman–Crippen MR) is 135 cm³/mol. The molecule has 3 aliphatic rings. The van der Waals surface area contributed by atoms with Crippen LogP contribution in [0.4, 0.5) is 5.69 Å².